The number of hydrogen-bond donors (Lipinski definition) is 1. The van der Waals surface area contributed by atoms with Gasteiger partial charge in [0.05, 0.1) is 5.56 Å². The van der Waals surface area contributed by atoms with Gasteiger partial charge in [0.25, 0.3) is 5.91 Å². The minimum Gasteiger partial charge on any atom is -0.322 e. The first-order chi connectivity index (χ1) is 16.1. The molecule has 0 bridgehead atoms. The number of benzene rings is 1. The summed E-state index contributed by atoms with van der Waals surface area (Å²) in [5.41, 5.74) is -2.75. The fourth-order valence-corrected chi connectivity index (χ4v) is 2.33. The molecule has 0 aliphatic heterocycles. The summed E-state index contributed by atoms with van der Waals surface area (Å²) in [5.74, 6) is -14.5. The zero-order valence-electron chi connectivity index (χ0n) is 16.7. The highest BCUT2D eigenvalue weighted by molar-refractivity contribution is 6.04. The van der Waals surface area contributed by atoms with Gasteiger partial charge in [0.15, 0.2) is 0 Å². The van der Waals surface area contributed by atoms with Gasteiger partial charge in [-0.2, -0.15) is 43.9 Å². The molecule has 0 fully saturated rings. The van der Waals surface area contributed by atoms with Crippen LogP contribution in [0.25, 0.3) is 0 Å². The molecule has 0 aliphatic rings. The van der Waals surface area contributed by atoms with E-state index in [0.717, 1.165) is 12.3 Å². The van der Waals surface area contributed by atoms with E-state index in [0.29, 0.717) is 6.07 Å². The fourth-order valence-electron chi connectivity index (χ4n) is 2.33. The van der Waals surface area contributed by atoms with E-state index in [2.05, 4.69) is 4.98 Å². The van der Waals surface area contributed by atoms with E-state index in [1.165, 1.54) is 23.1 Å². The number of hydrogen-bond acceptors (Lipinski definition) is 4. The fraction of sp³-hybridized carbons (Fsp3) is 0.333. The second-order valence-corrected chi connectivity index (χ2v) is 6.63. The lowest BCUT2D eigenvalue weighted by Crippen LogP contribution is -2.61. The van der Waals surface area contributed by atoms with Crippen LogP contribution in [-0.2, 0) is 15.4 Å². The van der Waals surface area contributed by atoms with Crippen molar-refractivity contribution in [3.05, 3.63) is 59.9 Å². The summed E-state index contributed by atoms with van der Waals surface area (Å²) in [5, 5.41) is 1.95. The van der Waals surface area contributed by atoms with Gasteiger partial charge in [-0.15, -0.1) is 13.2 Å². The van der Waals surface area contributed by atoms with Crippen LogP contribution in [0.4, 0.5) is 62.8 Å². The number of carbonyl (C=O) groups excluding carboxylic acids is 1. The molecule has 36 heavy (non-hydrogen) atoms. The van der Waals surface area contributed by atoms with E-state index in [4.69, 9.17) is 0 Å². The molecular weight excluding hydrogens is 539 g/mol. The van der Waals surface area contributed by atoms with Crippen LogP contribution in [0.2, 0.25) is 0 Å². The van der Waals surface area contributed by atoms with E-state index >= 15 is 0 Å². The average molecular weight is 548 g/mol. The van der Waals surface area contributed by atoms with E-state index < -0.39 is 53.7 Å². The molecule has 1 aromatic heterocycles. The van der Waals surface area contributed by atoms with Gasteiger partial charge in [0.2, 0.25) is 0 Å². The lowest BCUT2D eigenvalue weighted by molar-refractivity contribution is -0.535. The Morgan fingerprint density at radius 3 is 1.86 bits per heavy atom. The Morgan fingerprint density at radius 1 is 0.750 bits per heavy atom. The number of pyridine rings is 1. The van der Waals surface area contributed by atoms with Gasteiger partial charge in [-0.05, 0) is 24.3 Å². The summed E-state index contributed by atoms with van der Waals surface area (Å²) in [4.78, 5) is 15.6. The van der Waals surface area contributed by atoms with Crippen molar-refractivity contribution in [3.63, 3.8) is 0 Å². The Bertz CT molecular complexity index is 1080. The first kappa shape index (κ1) is 29.1. The Kier molecular flexibility index (Phi) is 7.58. The maximum Gasteiger partial charge on any atom is 0.527 e. The lowest BCUT2D eigenvalue weighted by Gasteiger charge is -2.35. The lowest BCUT2D eigenvalue weighted by atomic mass is 10.1. The van der Waals surface area contributed by atoms with Crippen LogP contribution in [0.3, 0.4) is 0 Å². The Balaban J connectivity index is 2.33. The van der Waals surface area contributed by atoms with Crippen molar-refractivity contribution >= 4 is 11.6 Å². The highest BCUT2D eigenvalue weighted by atomic mass is 19.4. The van der Waals surface area contributed by atoms with Gasteiger partial charge >= 0.3 is 36.5 Å². The van der Waals surface area contributed by atoms with Crippen LogP contribution in [0.1, 0.15) is 15.9 Å². The Labute approximate surface area is 190 Å². The number of anilines is 1. The monoisotopic (exact) mass is 548 g/mol. The topological polar surface area (TPSA) is 60.5 Å². The molecule has 1 aromatic carbocycles. The van der Waals surface area contributed by atoms with E-state index in [1.54, 1.807) is 0 Å². The first-order valence-corrected chi connectivity index (χ1v) is 8.81. The Hall–Kier alpha value is -3.15. The molecule has 2 rings (SSSR count). The number of carbonyl (C=O) groups is 1. The quantitative estimate of drug-likeness (QED) is 0.369. The molecular formula is C18H9F13N2O3. The number of nitrogens with one attached hydrogen (secondary N) is 1. The summed E-state index contributed by atoms with van der Waals surface area (Å²) < 4.78 is 175. The van der Waals surface area contributed by atoms with Crippen LogP contribution < -0.4 is 5.32 Å². The number of amides is 1. The maximum atomic E-state index is 14.3. The largest absolute Gasteiger partial charge is 0.527 e. The maximum absolute atomic E-state index is 14.3. The summed E-state index contributed by atoms with van der Waals surface area (Å²) >= 11 is 0. The van der Waals surface area contributed by atoms with Gasteiger partial charge in [-0.1, -0.05) is 12.1 Å². The molecule has 200 valence electrons. The van der Waals surface area contributed by atoms with Crippen molar-refractivity contribution in [2.45, 2.75) is 36.5 Å². The van der Waals surface area contributed by atoms with Crippen molar-refractivity contribution in [1.29, 1.82) is 0 Å². The minimum atomic E-state index is -7.52. The van der Waals surface area contributed by atoms with Crippen LogP contribution in [-0.4, -0.2) is 41.5 Å². The molecule has 18 heteroatoms. The number of alkyl halides is 13. The Morgan fingerprint density at radius 2 is 1.33 bits per heavy atom. The van der Waals surface area contributed by atoms with Crippen molar-refractivity contribution < 1.29 is 71.3 Å². The van der Waals surface area contributed by atoms with Crippen molar-refractivity contribution in [2.75, 3.05) is 5.32 Å². The average Bonchev–Trinajstić information content (AvgIpc) is 2.71. The van der Waals surface area contributed by atoms with Gasteiger partial charge in [-0.3, -0.25) is 9.78 Å². The molecule has 0 saturated carbocycles. The van der Waals surface area contributed by atoms with E-state index in [-0.39, 0.29) is 17.7 Å². The minimum absolute atomic E-state index is 0.0726. The summed E-state index contributed by atoms with van der Waals surface area (Å²) in [7, 11) is 0. The molecule has 5 nitrogen and oxygen atoms in total. The molecule has 0 atom stereocenters. The van der Waals surface area contributed by atoms with E-state index in [1.807, 2.05) is 10.1 Å². The smallest absolute Gasteiger partial charge is 0.322 e. The normalized spacial score (nSPS) is 14.0. The van der Waals surface area contributed by atoms with Crippen LogP contribution in [0.5, 0.6) is 0 Å². The summed E-state index contributed by atoms with van der Waals surface area (Å²) in [6, 6.07) is 4.12. The molecule has 1 N–H and O–H groups in total. The zero-order chi connectivity index (χ0) is 27.8. The van der Waals surface area contributed by atoms with Gasteiger partial charge < -0.3 is 5.32 Å². The van der Waals surface area contributed by atoms with E-state index in [9.17, 15) is 61.9 Å². The SMILES string of the molecule is O=C(Nc1cccc(C(F)(F)C(F)(F)OC(F)(F)C(F)(F)C(F)(F)OC(F)(F)F)c1)c1cccnc1. The third-order valence-electron chi connectivity index (χ3n) is 4.00. The van der Waals surface area contributed by atoms with Gasteiger partial charge in [-0.25, -0.2) is 9.47 Å². The molecule has 0 spiro atoms. The molecule has 1 amide bonds. The highest BCUT2D eigenvalue weighted by Gasteiger charge is 2.80. The number of halogens is 13. The zero-order valence-corrected chi connectivity index (χ0v) is 16.7. The molecule has 0 unspecified atom stereocenters. The predicted octanol–water partition coefficient (Wildman–Crippen LogP) is 6.39. The van der Waals surface area contributed by atoms with Crippen LogP contribution >= 0.6 is 0 Å². The molecule has 2 aromatic rings. The second kappa shape index (κ2) is 9.38. The summed E-state index contributed by atoms with van der Waals surface area (Å²) in [6.07, 6.45) is -25.7. The van der Waals surface area contributed by atoms with Gasteiger partial charge in [0.1, 0.15) is 0 Å². The number of aromatic nitrogens is 1. The number of ether oxygens (including phenoxy) is 2. The number of nitrogens with zero attached hydrogens (tertiary/aromatic N) is 1. The van der Waals surface area contributed by atoms with Crippen molar-refractivity contribution in [3.8, 4) is 0 Å². The highest BCUT2D eigenvalue weighted by Crippen LogP contribution is 2.54. The summed E-state index contributed by atoms with van der Waals surface area (Å²) in [6.45, 7) is 0. The molecule has 0 saturated heterocycles. The molecule has 1 heterocycles. The molecule has 0 radical (unpaired) electrons. The third-order valence-corrected chi connectivity index (χ3v) is 4.00. The van der Waals surface area contributed by atoms with Gasteiger partial charge in [0, 0.05) is 23.6 Å². The van der Waals surface area contributed by atoms with Crippen LogP contribution in [0.15, 0.2) is 48.8 Å². The molecule has 0 aliphatic carbocycles. The standard InChI is InChI=1S/C18H9F13N2O3/c19-13(20,10-4-1-5-11(7-10)33-12(34)9-3-2-6-32-8-9)15(23,24)35-16(25,26)14(21,22)17(27,28)36-18(29,30)31/h1-8H,(H,33,34). The predicted molar refractivity (Wildman–Crippen MR) is 90.5 cm³/mol. The van der Waals surface area contributed by atoms with Crippen molar-refractivity contribution in [1.82, 2.24) is 4.98 Å². The third kappa shape index (κ3) is 5.97. The number of rotatable bonds is 9. The van der Waals surface area contributed by atoms with Crippen molar-refractivity contribution in [2.24, 2.45) is 0 Å². The first-order valence-electron chi connectivity index (χ1n) is 8.81. The second-order valence-electron chi connectivity index (χ2n) is 6.63. The van der Waals surface area contributed by atoms with Crippen LogP contribution in [0, 0.1) is 0 Å².